The highest BCUT2D eigenvalue weighted by molar-refractivity contribution is 5.69. The maximum Gasteiger partial charge on any atom is 0.573 e. The molecule has 1 aromatic rings. The van der Waals surface area contributed by atoms with Crippen molar-refractivity contribution in [3.05, 3.63) is 23.8 Å². The van der Waals surface area contributed by atoms with Crippen LogP contribution in [0.25, 0.3) is 0 Å². The second kappa shape index (κ2) is 6.21. The van der Waals surface area contributed by atoms with E-state index in [1.807, 2.05) is 13.8 Å². The number of amides is 1. The molecule has 8 heteroatoms. The Morgan fingerprint density at radius 2 is 1.86 bits per heavy atom. The number of hydrogen-bond acceptors (Lipinski definition) is 4. The predicted octanol–water partition coefficient (Wildman–Crippen LogP) is 2.71. The minimum Gasteiger partial charge on any atom is -0.407 e. The van der Waals surface area contributed by atoms with E-state index in [4.69, 9.17) is 11.5 Å². The van der Waals surface area contributed by atoms with Gasteiger partial charge < -0.3 is 20.9 Å². The maximum absolute atomic E-state index is 12.4. The highest BCUT2D eigenvalue weighted by Crippen LogP contribution is 2.33. The quantitative estimate of drug-likeness (QED) is 0.875. The molecule has 1 aromatic carbocycles. The van der Waals surface area contributed by atoms with Gasteiger partial charge in [-0.3, -0.25) is 0 Å². The van der Waals surface area contributed by atoms with E-state index < -0.39 is 29.5 Å². The Morgan fingerprint density at radius 1 is 1.24 bits per heavy atom. The van der Waals surface area contributed by atoms with Crippen LogP contribution in [0.3, 0.4) is 0 Å². The summed E-state index contributed by atoms with van der Waals surface area (Å²) in [4.78, 5) is 10.7. The average Bonchev–Trinajstić information content (AvgIpc) is 2.26. The molecule has 0 saturated heterocycles. The predicted molar refractivity (Wildman–Crippen MR) is 69.9 cm³/mol. The second-order valence-electron chi connectivity index (χ2n) is 5.24. The molecule has 0 aliphatic rings. The Balaban J connectivity index is 2.99. The van der Waals surface area contributed by atoms with Gasteiger partial charge in [0, 0.05) is 5.54 Å². The Labute approximate surface area is 120 Å². The van der Waals surface area contributed by atoms with Crippen LogP contribution < -0.4 is 20.9 Å². The minimum atomic E-state index is -4.90. The summed E-state index contributed by atoms with van der Waals surface area (Å²) >= 11 is 0. The maximum atomic E-state index is 12.4. The third kappa shape index (κ3) is 6.84. The molecule has 0 unspecified atom stereocenters. The zero-order valence-corrected chi connectivity index (χ0v) is 11.7. The Morgan fingerprint density at radius 3 is 2.33 bits per heavy atom. The Kier molecular flexibility index (Phi) is 5.06. The zero-order valence-electron chi connectivity index (χ0n) is 11.7. The van der Waals surface area contributed by atoms with E-state index >= 15 is 0 Å². The standard InChI is InChI=1S/C13H17F3N2O3/c1-12(2,18)6-5-8-3-4-9(20-11(17)19)10(7-8)21-13(14,15)16/h3-4,7H,5-6,18H2,1-2H3,(H2,17,19). The van der Waals surface area contributed by atoms with E-state index in [1.54, 1.807) is 0 Å². The molecule has 0 aliphatic heterocycles. The first-order chi connectivity index (χ1) is 9.46. The number of alkyl halides is 3. The van der Waals surface area contributed by atoms with Gasteiger partial charge in [-0.15, -0.1) is 13.2 Å². The topological polar surface area (TPSA) is 87.6 Å². The van der Waals surface area contributed by atoms with Crippen molar-refractivity contribution in [3.63, 3.8) is 0 Å². The zero-order chi connectivity index (χ0) is 16.3. The third-order valence-electron chi connectivity index (χ3n) is 2.50. The van der Waals surface area contributed by atoms with Crippen LogP contribution in [0.1, 0.15) is 25.8 Å². The van der Waals surface area contributed by atoms with E-state index in [0.29, 0.717) is 18.4 Å². The molecule has 5 nitrogen and oxygen atoms in total. The molecule has 0 radical (unpaired) electrons. The van der Waals surface area contributed by atoms with E-state index in [-0.39, 0.29) is 0 Å². The fraction of sp³-hybridized carbons (Fsp3) is 0.462. The van der Waals surface area contributed by atoms with Crippen molar-refractivity contribution in [1.29, 1.82) is 0 Å². The molecular formula is C13H17F3N2O3. The molecule has 0 spiro atoms. The van der Waals surface area contributed by atoms with Crippen LogP contribution in [0.15, 0.2) is 18.2 Å². The highest BCUT2D eigenvalue weighted by atomic mass is 19.4. The van der Waals surface area contributed by atoms with Crippen LogP contribution in [0.4, 0.5) is 18.0 Å². The van der Waals surface area contributed by atoms with Gasteiger partial charge in [-0.2, -0.15) is 0 Å². The average molecular weight is 306 g/mol. The molecule has 0 aliphatic carbocycles. The molecule has 0 fully saturated rings. The van der Waals surface area contributed by atoms with Gasteiger partial charge in [0.05, 0.1) is 0 Å². The van der Waals surface area contributed by atoms with Gasteiger partial charge in [-0.1, -0.05) is 6.07 Å². The molecule has 1 amide bonds. The van der Waals surface area contributed by atoms with Crippen LogP contribution in [-0.2, 0) is 6.42 Å². The first-order valence-corrected chi connectivity index (χ1v) is 6.11. The van der Waals surface area contributed by atoms with Gasteiger partial charge in [-0.05, 0) is 44.4 Å². The van der Waals surface area contributed by atoms with Gasteiger partial charge in [0.1, 0.15) is 0 Å². The highest BCUT2D eigenvalue weighted by Gasteiger charge is 2.33. The summed E-state index contributed by atoms with van der Waals surface area (Å²) in [5.41, 5.74) is 10.7. The second-order valence-corrected chi connectivity index (χ2v) is 5.24. The summed E-state index contributed by atoms with van der Waals surface area (Å²) in [6.07, 6.45) is -5.11. The lowest BCUT2D eigenvalue weighted by atomic mass is 9.96. The molecule has 0 saturated carbocycles. The van der Waals surface area contributed by atoms with Crippen molar-refractivity contribution in [3.8, 4) is 11.5 Å². The first-order valence-electron chi connectivity index (χ1n) is 6.11. The van der Waals surface area contributed by atoms with Crippen molar-refractivity contribution in [2.45, 2.75) is 38.6 Å². The molecule has 1 rings (SSSR count). The third-order valence-corrected chi connectivity index (χ3v) is 2.50. The number of ether oxygens (including phenoxy) is 2. The number of carbonyl (C=O) groups excluding carboxylic acids is 1. The number of primary amides is 1. The molecule has 0 atom stereocenters. The number of rotatable bonds is 5. The SMILES string of the molecule is CC(C)(N)CCc1ccc(OC(N)=O)c(OC(F)(F)F)c1. The van der Waals surface area contributed by atoms with Crippen LogP contribution in [-0.4, -0.2) is 18.0 Å². The molecule has 4 N–H and O–H groups in total. The molecular weight excluding hydrogens is 289 g/mol. The van der Waals surface area contributed by atoms with Gasteiger partial charge in [0.15, 0.2) is 11.5 Å². The lowest BCUT2D eigenvalue weighted by Gasteiger charge is -2.19. The van der Waals surface area contributed by atoms with Gasteiger partial charge in [-0.25, -0.2) is 4.79 Å². The van der Waals surface area contributed by atoms with Crippen molar-refractivity contribution < 1.29 is 27.4 Å². The van der Waals surface area contributed by atoms with Crippen molar-refractivity contribution in [2.75, 3.05) is 0 Å². The normalized spacial score (nSPS) is 12.1. The summed E-state index contributed by atoms with van der Waals surface area (Å²) in [7, 11) is 0. The minimum absolute atomic E-state index is 0.393. The van der Waals surface area contributed by atoms with E-state index in [0.717, 1.165) is 6.07 Å². The largest absolute Gasteiger partial charge is 0.573 e. The molecule has 21 heavy (non-hydrogen) atoms. The van der Waals surface area contributed by atoms with Crippen LogP contribution in [0.5, 0.6) is 11.5 Å². The van der Waals surface area contributed by atoms with E-state index in [1.165, 1.54) is 12.1 Å². The lowest BCUT2D eigenvalue weighted by Crippen LogP contribution is -2.32. The van der Waals surface area contributed by atoms with Crippen LogP contribution >= 0.6 is 0 Å². The smallest absolute Gasteiger partial charge is 0.407 e. The number of benzene rings is 1. The van der Waals surface area contributed by atoms with Gasteiger partial charge in [0.2, 0.25) is 0 Å². The van der Waals surface area contributed by atoms with Crippen molar-refractivity contribution in [2.24, 2.45) is 11.5 Å². The molecule has 118 valence electrons. The van der Waals surface area contributed by atoms with E-state index in [2.05, 4.69) is 9.47 Å². The fourth-order valence-electron chi connectivity index (χ4n) is 1.57. The summed E-state index contributed by atoms with van der Waals surface area (Å²) in [6, 6.07) is 3.87. The van der Waals surface area contributed by atoms with Crippen LogP contribution in [0, 0.1) is 0 Å². The summed E-state index contributed by atoms with van der Waals surface area (Å²) in [5.74, 6) is -1.01. The van der Waals surface area contributed by atoms with Crippen molar-refractivity contribution >= 4 is 6.09 Å². The lowest BCUT2D eigenvalue weighted by molar-refractivity contribution is -0.275. The molecule has 0 aromatic heterocycles. The van der Waals surface area contributed by atoms with Gasteiger partial charge in [0.25, 0.3) is 0 Å². The van der Waals surface area contributed by atoms with Crippen molar-refractivity contribution in [1.82, 2.24) is 0 Å². The Hall–Kier alpha value is -1.96. The van der Waals surface area contributed by atoms with Gasteiger partial charge >= 0.3 is 12.5 Å². The number of halogens is 3. The number of hydrogen-bond donors (Lipinski definition) is 2. The molecule has 0 heterocycles. The molecule has 0 bridgehead atoms. The van der Waals surface area contributed by atoms with E-state index in [9.17, 15) is 18.0 Å². The summed E-state index contributed by atoms with van der Waals surface area (Å²) in [5, 5.41) is 0. The number of aryl methyl sites for hydroxylation is 1. The summed E-state index contributed by atoms with van der Waals surface area (Å²) < 4.78 is 45.4. The van der Waals surface area contributed by atoms with Crippen LogP contribution in [0.2, 0.25) is 0 Å². The Bertz CT molecular complexity index is 510. The first kappa shape index (κ1) is 17.1. The number of carbonyl (C=O) groups is 1. The summed E-state index contributed by atoms with van der Waals surface area (Å²) in [6.45, 7) is 3.62. The number of nitrogens with two attached hydrogens (primary N) is 2. The monoisotopic (exact) mass is 306 g/mol. The fourth-order valence-corrected chi connectivity index (χ4v) is 1.57.